The summed E-state index contributed by atoms with van der Waals surface area (Å²) in [6, 6.07) is 13.9. The summed E-state index contributed by atoms with van der Waals surface area (Å²) in [7, 11) is 1.71. The molecule has 0 saturated carbocycles. The van der Waals surface area contributed by atoms with Crippen molar-refractivity contribution in [3.63, 3.8) is 0 Å². The van der Waals surface area contributed by atoms with Crippen LogP contribution in [0.15, 0.2) is 42.5 Å². The van der Waals surface area contributed by atoms with Gasteiger partial charge in [0.1, 0.15) is 5.75 Å². The van der Waals surface area contributed by atoms with Crippen LogP contribution in [0.5, 0.6) is 5.75 Å². The number of para-hydroxylation sites is 1. The van der Waals surface area contributed by atoms with Crippen molar-refractivity contribution < 1.29 is 9.53 Å². The van der Waals surface area contributed by atoms with E-state index in [1.165, 1.54) is 11.1 Å². The molecule has 1 unspecified atom stereocenters. The number of ether oxygens (including phenoxy) is 1. The molecule has 0 spiro atoms. The number of carbonyl (C=O) groups is 1. The highest BCUT2D eigenvalue weighted by molar-refractivity contribution is 5.99. The molecule has 1 amide bonds. The van der Waals surface area contributed by atoms with Crippen LogP contribution in [0.1, 0.15) is 41.3 Å². The SMILES string of the molecule is COc1ccc2c(c1)[C@]1(C)CCN(C(=O)c3ccccc3N)C(C2)C1. The highest BCUT2D eigenvalue weighted by Gasteiger charge is 2.44. The van der Waals surface area contributed by atoms with Crippen LogP contribution in [0.4, 0.5) is 5.69 Å². The van der Waals surface area contributed by atoms with E-state index in [9.17, 15) is 4.79 Å². The zero-order valence-electron chi connectivity index (χ0n) is 14.8. The van der Waals surface area contributed by atoms with Crippen LogP contribution in [0.25, 0.3) is 0 Å². The van der Waals surface area contributed by atoms with Gasteiger partial charge in [0.2, 0.25) is 0 Å². The number of rotatable bonds is 2. The van der Waals surface area contributed by atoms with Gasteiger partial charge in [-0.2, -0.15) is 0 Å². The van der Waals surface area contributed by atoms with Crippen molar-refractivity contribution in [3.8, 4) is 5.75 Å². The molecule has 4 heteroatoms. The Kier molecular flexibility index (Phi) is 3.71. The summed E-state index contributed by atoms with van der Waals surface area (Å²) in [6.07, 6.45) is 2.85. The molecule has 1 aliphatic carbocycles. The number of amides is 1. The lowest BCUT2D eigenvalue weighted by Crippen LogP contribution is -2.54. The summed E-state index contributed by atoms with van der Waals surface area (Å²) in [5.41, 5.74) is 10.0. The lowest BCUT2D eigenvalue weighted by molar-refractivity contribution is 0.0490. The molecule has 2 N–H and O–H groups in total. The van der Waals surface area contributed by atoms with Crippen LogP contribution in [0, 0.1) is 0 Å². The summed E-state index contributed by atoms with van der Waals surface area (Å²) in [5.74, 6) is 0.969. The topological polar surface area (TPSA) is 55.6 Å². The smallest absolute Gasteiger partial charge is 0.256 e. The quantitative estimate of drug-likeness (QED) is 0.855. The standard InChI is InChI=1S/C21H24N2O2/c1-21-9-10-23(20(24)17-5-3-4-6-19(17)22)15(13-21)11-14-7-8-16(25-2)12-18(14)21/h3-8,12,15H,9-11,13,22H2,1-2H3/t15?,21-/m1/s1. The molecule has 130 valence electrons. The minimum Gasteiger partial charge on any atom is -0.497 e. The number of nitrogens with two attached hydrogens (primary N) is 1. The Morgan fingerprint density at radius 2 is 2.08 bits per heavy atom. The number of methoxy groups -OCH3 is 1. The second-order valence-corrected chi connectivity index (χ2v) is 7.48. The molecule has 4 rings (SSSR count). The van der Waals surface area contributed by atoms with E-state index in [4.69, 9.17) is 10.5 Å². The van der Waals surface area contributed by atoms with Crippen LogP contribution in [0.3, 0.4) is 0 Å². The minimum atomic E-state index is 0.0575. The van der Waals surface area contributed by atoms with E-state index in [0.29, 0.717) is 11.3 Å². The number of anilines is 1. The second kappa shape index (κ2) is 5.80. The Labute approximate surface area is 148 Å². The maximum absolute atomic E-state index is 13.1. The molecule has 1 aliphatic heterocycles. The molecule has 1 saturated heterocycles. The molecule has 2 aromatic rings. The molecule has 1 heterocycles. The predicted molar refractivity (Wildman–Crippen MR) is 99.0 cm³/mol. The Morgan fingerprint density at radius 1 is 1.28 bits per heavy atom. The molecular weight excluding hydrogens is 312 g/mol. The fourth-order valence-corrected chi connectivity index (χ4v) is 4.50. The highest BCUT2D eigenvalue weighted by atomic mass is 16.5. The molecule has 4 nitrogen and oxygen atoms in total. The summed E-state index contributed by atoms with van der Waals surface area (Å²) in [5, 5.41) is 0. The van der Waals surface area contributed by atoms with Crippen LogP contribution in [-0.2, 0) is 11.8 Å². The number of carbonyl (C=O) groups excluding carboxylic acids is 1. The Balaban J connectivity index is 1.67. The van der Waals surface area contributed by atoms with Crippen LogP contribution < -0.4 is 10.5 Å². The second-order valence-electron chi connectivity index (χ2n) is 7.48. The summed E-state index contributed by atoms with van der Waals surface area (Å²) in [6.45, 7) is 3.08. The van der Waals surface area contributed by atoms with Gasteiger partial charge in [0.05, 0.1) is 12.7 Å². The molecule has 2 aromatic carbocycles. The summed E-state index contributed by atoms with van der Waals surface area (Å²) >= 11 is 0. The van der Waals surface area contributed by atoms with E-state index in [1.807, 2.05) is 29.2 Å². The third-order valence-corrected chi connectivity index (χ3v) is 5.91. The first-order valence-electron chi connectivity index (χ1n) is 8.85. The van der Waals surface area contributed by atoms with E-state index in [2.05, 4.69) is 19.1 Å². The zero-order chi connectivity index (χ0) is 17.6. The van der Waals surface area contributed by atoms with Crippen molar-refractivity contribution in [3.05, 3.63) is 59.2 Å². The average Bonchev–Trinajstić information content (AvgIpc) is 2.61. The van der Waals surface area contributed by atoms with Gasteiger partial charge in [0, 0.05) is 18.3 Å². The molecule has 0 aromatic heterocycles. The number of nitrogens with zero attached hydrogens (tertiary/aromatic N) is 1. The van der Waals surface area contributed by atoms with Gasteiger partial charge in [-0.1, -0.05) is 25.1 Å². The molecule has 1 fully saturated rings. The Morgan fingerprint density at radius 3 is 2.84 bits per heavy atom. The van der Waals surface area contributed by atoms with E-state index >= 15 is 0 Å². The van der Waals surface area contributed by atoms with Crippen LogP contribution in [0.2, 0.25) is 0 Å². The van der Waals surface area contributed by atoms with Gasteiger partial charge in [0.25, 0.3) is 5.91 Å². The predicted octanol–water partition coefficient (Wildman–Crippen LogP) is 3.40. The third-order valence-electron chi connectivity index (χ3n) is 5.91. The Hall–Kier alpha value is -2.49. The van der Waals surface area contributed by atoms with Crippen molar-refractivity contribution in [2.45, 2.75) is 37.6 Å². The first-order valence-corrected chi connectivity index (χ1v) is 8.85. The van der Waals surface area contributed by atoms with E-state index < -0.39 is 0 Å². The third kappa shape index (κ3) is 2.56. The number of likely N-dealkylation sites (tertiary alicyclic amines) is 1. The average molecular weight is 336 g/mol. The fraction of sp³-hybridized carbons (Fsp3) is 0.381. The van der Waals surface area contributed by atoms with Gasteiger partial charge < -0.3 is 15.4 Å². The maximum Gasteiger partial charge on any atom is 0.256 e. The van der Waals surface area contributed by atoms with Gasteiger partial charge in [0.15, 0.2) is 0 Å². The lowest BCUT2D eigenvalue weighted by atomic mass is 9.65. The molecule has 25 heavy (non-hydrogen) atoms. The number of piperidine rings is 1. The number of hydrogen-bond donors (Lipinski definition) is 1. The van der Waals surface area contributed by atoms with E-state index in [1.54, 1.807) is 13.2 Å². The van der Waals surface area contributed by atoms with Crippen LogP contribution in [-0.4, -0.2) is 30.5 Å². The zero-order valence-corrected chi connectivity index (χ0v) is 14.8. The number of benzene rings is 2. The number of hydrogen-bond acceptors (Lipinski definition) is 3. The number of fused-ring (bicyclic) bond motifs is 4. The van der Waals surface area contributed by atoms with Crippen molar-refractivity contribution >= 4 is 11.6 Å². The van der Waals surface area contributed by atoms with Gasteiger partial charge in [-0.25, -0.2) is 0 Å². The molecule has 0 radical (unpaired) electrons. The number of nitrogen functional groups attached to an aromatic ring is 1. The minimum absolute atomic E-state index is 0.0575. The van der Waals surface area contributed by atoms with Crippen LogP contribution >= 0.6 is 0 Å². The monoisotopic (exact) mass is 336 g/mol. The van der Waals surface area contributed by atoms with Gasteiger partial charge in [-0.15, -0.1) is 0 Å². The largest absolute Gasteiger partial charge is 0.497 e. The Bertz CT molecular complexity index is 832. The van der Waals surface area contributed by atoms with Crippen molar-refractivity contribution in [1.82, 2.24) is 4.90 Å². The molecule has 2 atom stereocenters. The van der Waals surface area contributed by atoms with Gasteiger partial charge in [-0.05, 0) is 60.1 Å². The summed E-state index contributed by atoms with van der Waals surface area (Å²) < 4.78 is 5.41. The maximum atomic E-state index is 13.1. The summed E-state index contributed by atoms with van der Waals surface area (Å²) in [4.78, 5) is 15.1. The first-order chi connectivity index (χ1) is 12.0. The van der Waals surface area contributed by atoms with Crippen molar-refractivity contribution in [1.29, 1.82) is 0 Å². The van der Waals surface area contributed by atoms with E-state index in [0.717, 1.165) is 31.6 Å². The molecule has 2 bridgehead atoms. The first kappa shape index (κ1) is 16.0. The molecule has 2 aliphatic rings. The normalized spacial score (nSPS) is 24.6. The van der Waals surface area contributed by atoms with Gasteiger partial charge >= 0.3 is 0 Å². The van der Waals surface area contributed by atoms with Crippen molar-refractivity contribution in [2.24, 2.45) is 0 Å². The molecular formula is C21H24N2O2. The fourth-order valence-electron chi connectivity index (χ4n) is 4.50. The lowest BCUT2D eigenvalue weighted by Gasteiger charge is -2.50. The van der Waals surface area contributed by atoms with Crippen molar-refractivity contribution in [2.75, 3.05) is 19.4 Å². The van der Waals surface area contributed by atoms with Gasteiger partial charge in [-0.3, -0.25) is 4.79 Å². The van der Waals surface area contributed by atoms with E-state index in [-0.39, 0.29) is 17.4 Å². The highest BCUT2D eigenvalue weighted by Crippen LogP contribution is 2.46.